The van der Waals surface area contributed by atoms with Gasteiger partial charge in [-0.3, -0.25) is 30.1 Å². The molecule has 1 saturated carbocycles. The Bertz CT molecular complexity index is 660. The molecule has 3 fully saturated rings. The molecule has 0 aromatic heterocycles. The summed E-state index contributed by atoms with van der Waals surface area (Å²) in [6, 6.07) is 0.774. The molecule has 2 N–H and O–H groups in total. The Hall–Kier alpha value is -1.51. The van der Waals surface area contributed by atoms with Gasteiger partial charge in [0.05, 0.1) is 30.6 Å². The summed E-state index contributed by atoms with van der Waals surface area (Å²) < 4.78 is 0. The fraction of sp³-hybridized carbons (Fsp3) is 0.864. The third kappa shape index (κ3) is 4.70. The van der Waals surface area contributed by atoms with E-state index in [0.717, 1.165) is 58.3 Å². The van der Waals surface area contributed by atoms with Crippen LogP contribution in [0.2, 0.25) is 0 Å². The first kappa shape index (κ1) is 21.7. The first-order valence-electron chi connectivity index (χ1n) is 11.8. The molecule has 3 heterocycles. The quantitative estimate of drug-likeness (QED) is 0.700. The number of hydrogen-bond acceptors (Lipinski definition) is 6. The van der Waals surface area contributed by atoms with E-state index in [-0.39, 0.29) is 30.4 Å². The van der Waals surface area contributed by atoms with Gasteiger partial charge in [-0.1, -0.05) is 26.7 Å². The van der Waals surface area contributed by atoms with Gasteiger partial charge in [-0.25, -0.2) is 0 Å². The summed E-state index contributed by atoms with van der Waals surface area (Å²) in [7, 11) is 0. The molecule has 2 amide bonds. The van der Waals surface area contributed by atoms with Gasteiger partial charge in [0.15, 0.2) is 0 Å². The molecular weight excluding hydrogens is 380 g/mol. The van der Waals surface area contributed by atoms with E-state index < -0.39 is 0 Å². The maximum Gasteiger partial charge on any atom is 0.265 e. The molecule has 30 heavy (non-hydrogen) atoms. The molecule has 3 aliphatic heterocycles. The number of carbonyl (C=O) groups is 2. The molecule has 8 nitrogen and oxygen atoms in total. The molecule has 8 heteroatoms. The van der Waals surface area contributed by atoms with Crippen molar-refractivity contribution in [3.8, 4) is 0 Å². The van der Waals surface area contributed by atoms with E-state index in [4.69, 9.17) is 0 Å². The summed E-state index contributed by atoms with van der Waals surface area (Å²) in [5.74, 6) is 0.513. The maximum absolute atomic E-state index is 13.0. The van der Waals surface area contributed by atoms with Crippen molar-refractivity contribution >= 4 is 18.0 Å². The van der Waals surface area contributed by atoms with Crippen molar-refractivity contribution in [3.05, 3.63) is 0 Å². The van der Waals surface area contributed by atoms with Crippen LogP contribution in [0.1, 0.15) is 52.9 Å². The van der Waals surface area contributed by atoms with Crippen molar-refractivity contribution in [2.75, 3.05) is 32.7 Å². The van der Waals surface area contributed by atoms with Gasteiger partial charge in [-0.2, -0.15) is 0 Å². The Labute approximate surface area is 180 Å². The van der Waals surface area contributed by atoms with Gasteiger partial charge in [0.1, 0.15) is 6.54 Å². The topological polar surface area (TPSA) is 80.3 Å². The Morgan fingerprint density at radius 1 is 1.17 bits per heavy atom. The molecule has 0 radical (unpaired) electrons. The largest absolute Gasteiger partial charge is 0.339 e. The number of amides is 2. The van der Waals surface area contributed by atoms with Crippen LogP contribution in [0.15, 0.2) is 4.99 Å². The monoisotopic (exact) mass is 418 g/mol. The summed E-state index contributed by atoms with van der Waals surface area (Å²) in [5, 5.41) is 7.38. The standard InChI is InChI=1S/C22H38N6O2/c1-15(2)22-24-16(3)12-19(25-22)26-8-10-27(11-9-26)21(30)14-28-18-7-5-4-6-17(18)23-13-20(28)29/h13,15-19,22,24-25H,4-12,14H2,1-3H3. The highest BCUT2D eigenvalue weighted by molar-refractivity contribution is 6.27. The number of nitrogens with zero attached hydrogens (tertiary/aromatic N) is 4. The summed E-state index contributed by atoms with van der Waals surface area (Å²) >= 11 is 0. The zero-order valence-electron chi connectivity index (χ0n) is 18.7. The van der Waals surface area contributed by atoms with Gasteiger partial charge in [-0.05, 0) is 32.1 Å². The smallest absolute Gasteiger partial charge is 0.265 e. The molecule has 1 aliphatic carbocycles. The lowest BCUT2D eigenvalue weighted by Crippen LogP contribution is -2.66. The van der Waals surface area contributed by atoms with E-state index in [9.17, 15) is 9.59 Å². The number of carbonyl (C=O) groups excluding carboxylic acids is 2. The molecule has 168 valence electrons. The molecule has 5 atom stereocenters. The Kier molecular flexibility index (Phi) is 6.75. The van der Waals surface area contributed by atoms with Crippen LogP contribution >= 0.6 is 0 Å². The fourth-order valence-corrected chi connectivity index (χ4v) is 5.42. The molecular formula is C22H38N6O2. The van der Waals surface area contributed by atoms with Gasteiger partial charge in [0.2, 0.25) is 5.91 Å². The highest BCUT2D eigenvalue weighted by Gasteiger charge is 2.38. The van der Waals surface area contributed by atoms with E-state index in [1.54, 1.807) is 4.90 Å². The van der Waals surface area contributed by atoms with Gasteiger partial charge in [0.25, 0.3) is 5.91 Å². The van der Waals surface area contributed by atoms with Gasteiger partial charge >= 0.3 is 0 Å². The summed E-state index contributed by atoms with van der Waals surface area (Å²) in [5.41, 5.74) is 0. The predicted octanol–water partition coefficient (Wildman–Crippen LogP) is 0.634. The number of hydrogen-bond donors (Lipinski definition) is 2. The molecule has 0 aromatic carbocycles. The van der Waals surface area contributed by atoms with Gasteiger partial charge in [-0.15, -0.1) is 0 Å². The average molecular weight is 419 g/mol. The van der Waals surface area contributed by atoms with Crippen molar-refractivity contribution in [2.45, 2.75) is 83.3 Å². The van der Waals surface area contributed by atoms with E-state index >= 15 is 0 Å². The van der Waals surface area contributed by atoms with Crippen molar-refractivity contribution in [1.29, 1.82) is 0 Å². The van der Waals surface area contributed by atoms with E-state index in [2.05, 4.69) is 41.3 Å². The summed E-state index contributed by atoms with van der Waals surface area (Å²) in [4.78, 5) is 36.1. The molecule has 5 unspecified atom stereocenters. The van der Waals surface area contributed by atoms with Crippen LogP contribution in [-0.4, -0.2) is 95.9 Å². The van der Waals surface area contributed by atoms with E-state index in [0.29, 0.717) is 24.3 Å². The highest BCUT2D eigenvalue weighted by atomic mass is 16.2. The summed E-state index contributed by atoms with van der Waals surface area (Å²) in [6.45, 7) is 10.1. The third-order valence-corrected chi connectivity index (χ3v) is 7.25. The number of fused-ring (bicyclic) bond motifs is 1. The third-order valence-electron chi connectivity index (χ3n) is 7.25. The molecule has 0 aromatic rings. The van der Waals surface area contributed by atoms with E-state index in [1.165, 1.54) is 6.21 Å². The van der Waals surface area contributed by atoms with Crippen molar-refractivity contribution in [1.82, 2.24) is 25.3 Å². The molecule has 4 aliphatic rings. The predicted molar refractivity (Wildman–Crippen MR) is 117 cm³/mol. The van der Waals surface area contributed by atoms with Crippen molar-refractivity contribution in [3.63, 3.8) is 0 Å². The fourth-order valence-electron chi connectivity index (χ4n) is 5.42. The van der Waals surface area contributed by atoms with Gasteiger partial charge in [0, 0.05) is 32.2 Å². The Morgan fingerprint density at radius 2 is 1.90 bits per heavy atom. The first-order valence-corrected chi connectivity index (χ1v) is 11.8. The lowest BCUT2D eigenvalue weighted by Gasteiger charge is -2.46. The van der Waals surface area contributed by atoms with E-state index in [1.807, 2.05) is 4.90 Å². The lowest BCUT2D eigenvalue weighted by atomic mass is 9.88. The highest BCUT2D eigenvalue weighted by Crippen LogP contribution is 2.28. The summed E-state index contributed by atoms with van der Waals surface area (Å²) in [6.07, 6.45) is 7.46. The minimum atomic E-state index is -0.0993. The maximum atomic E-state index is 13.0. The van der Waals surface area contributed by atoms with Gasteiger partial charge < -0.3 is 9.80 Å². The van der Waals surface area contributed by atoms with Crippen LogP contribution in [-0.2, 0) is 9.59 Å². The Balaban J connectivity index is 1.30. The zero-order chi connectivity index (χ0) is 21.3. The number of aliphatic imine (C=N–C) groups is 1. The van der Waals surface area contributed by atoms with Crippen LogP contribution in [0.4, 0.5) is 0 Å². The molecule has 0 spiro atoms. The number of nitrogens with one attached hydrogen (secondary N) is 2. The first-order chi connectivity index (χ1) is 14.4. The van der Waals surface area contributed by atoms with Crippen LogP contribution < -0.4 is 10.6 Å². The average Bonchev–Trinajstić information content (AvgIpc) is 2.75. The minimum absolute atomic E-state index is 0.0781. The SMILES string of the molecule is CC1CC(N2CCN(C(=O)CN3C(=O)C=NC4CCCCC43)CC2)NC(C(C)C)N1. The molecule has 4 rings (SSSR count). The minimum Gasteiger partial charge on any atom is -0.339 e. The van der Waals surface area contributed by atoms with Crippen LogP contribution in [0.25, 0.3) is 0 Å². The van der Waals surface area contributed by atoms with Crippen LogP contribution in [0.5, 0.6) is 0 Å². The van der Waals surface area contributed by atoms with Crippen LogP contribution in [0.3, 0.4) is 0 Å². The number of rotatable bonds is 4. The zero-order valence-corrected chi connectivity index (χ0v) is 18.7. The normalized spacial score (nSPS) is 35.6. The second-order valence-corrected chi connectivity index (χ2v) is 9.79. The number of piperazine rings is 1. The molecule has 0 bridgehead atoms. The van der Waals surface area contributed by atoms with Crippen LogP contribution in [0, 0.1) is 5.92 Å². The lowest BCUT2D eigenvalue weighted by molar-refractivity contribution is -0.141. The van der Waals surface area contributed by atoms with Crippen molar-refractivity contribution < 1.29 is 9.59 Å². The second-order valence-electron chi connectivity index (χ2n) is 9.79. The second kappa shape index (κ2) is 9.32. The van der Waals surface area contributed by atoms with Crippen molar-refractivity contribution in [2.24, 2.45) is 10.9 Å². The molecule has 2 saturated heterocycles. The Morgan fingerprint density at radius 3 is 2.63 bits per heavy atom.